The predicted molar refractivity (Wildman–Crippen MR) is 91.7 cm³/mol. The fraction of sp³-hybridized carbons (Fsp3) is 0.133. The van der Waals surface area contributed by atoms with E-state index in [0.717, 1.165) is 22.7 Å². The molecule has 0 saturated heterocycles. The maximum absolute atomic E-state index is 12.0. The first-order chi connectivity index (χ1) is 11.9. The first-order valence-electron chi connectivity index (χ1n) is 6.97. The second kappa shape index (κ2) is 8.20. The first kappa shape index (κ1) is 18.3. The van der Waals surface area contributed by atoms with Gasteiger partial charge < -0.3 is 10.1 Å². The summed E-state index contributed by atoms with van der Waals surface area (Å²) in [6.45, 7) is 0.293. The van der Waals surface area contributed by atoms with Crippen molar-refractivity contribution in [3.63, 3.8) is 0 Å². The highest BCUT2D eigenvalue weighted by Crippen LogP contribution is 2.22. The van der Waals surface area contributed by atoms with Crippen LogP contribution < -0.4 is 10.1 Å². The molecular weight excluding hydrogens is 398 g/mol. The third kappa shape index (κ3) is 5.24. The highest BCUT2D eigenvalue weighted by molar-refractivity contribution is 9.10. The Morgan fingerprint density at radius 1 is 1.08 bits per heavy atom. The summed E-state index contributed by atoms with van der Waals surface area (Å²) in [5.74, 6) is -0.0562. The minimum absolute atomic E-state index is 0.127. The first-order valence-corrected chi connectivity index (χ1v) is 7.76. The summed E-state index contributed by atoms with van der Waals surface area (Å²) in [7, 11) is 0. The molecule has 1 N–H and O–H groups in total. The van der Waals surface area contributed by atoms with E-state index in [1.54, 1.807) is 18.2 Å². The Kier molecular flexibility index (Phi) is 6.01. The van der Waals surface area contributed by atoms with Crippen LogP contribution in [0, 0.1) is 20.2 Å². The number of amides is 1. The second-order valence-electron chi connectivity index (χ2n) is 4.81. The molecule has 0 saturated carbocycles. The van der Waals surface area contributed by atoms with Crippen LogP contribution in [-0.2, 0) is 0 Å². The van der Waals surface area contributed by atoms with Gasteiger partial charge in [0.25, 0.3) is 17.3 Å². The highest BCUT2D eigenvalue weighted by atomic mass is 79.9. The van der Waals surface area contributed by atoms with E-state index >= 15 is 0 Å². The molecule has 1 amide bonds. The Labute approximate surface area is 150 Å². The molecule has 0 spiro atoms. The topological polar surface area (TPSA) is 125 Å². The van der Waals surface area contributed by atoms with Gasteiger partial charge >= 0.3 is 0 Å². The number of nitrogens with one attached hydrogen (secondary N) is 1. The summed E-state index contributed by atoms with van der Waals surface area (Å²) in [5.41, 5.74) is -1.21. The Balaban J connectivity index is 1.98. The average Bonchev–Trinajstić information content (AvgIpc) is 2.58. The van der Waals surface area contributed by atoms with Crippen molar-refractivity contribution in [3.05, 3.63) is 72.7 Å². The number of rotatable bonds is 7. The van der Waals surface area contributed by atoms with Gasteiger partial charge in [-0.2, -0.15) is 0 Å². The van der Waals surface area contributed by atoms with Gasteiger partial charge in [0.05, 0.1) is 28.0 Å². The van der Waals surface area contributed by atoms with Gasteiger partial charge in [-0.25, -0.2) is 0 Å². The van der Waals surface area contributed by atoms with Crippen molar-refractivity contribution in [1.82, 2.24) is 5.32 Å². The zero-order chi connectivity index (χ0) is 18.4. The van der Waals surface area contributed by atoms with Gasteiger partial charge in [-0.05, 0) is 18.2 Å². The Morgan fingerprint density at radius 2 is 1.72 bits per heavy atom. The van der Waals surface area contributed by atoms with Crippen LogP contribution in [0.1, 0.15) is 10.4 Å². The van der Waals surface area contributed by atoms with Gasteiger partial charge in [-0.1, -0.05) is 22.0 Å². The molecule has 0 aliphatic rings. The number of nitro groups is 2. The number of nitrogens with zero attached hydrogens (tertiary/aromatic N) is 2. The standard InChI is InChI=1S/C15H12BrN3O6/c16-11-2-1-3-14(8-11)25-5-4-17-15(20)10-6-12(18(21)22)9-13(7-10)19(23)24/h1-3,6-9H,4-5H2,(H,17,20). The van der Waals surface area contributed by atoms with Crippen LogP contribution in [0.4, 0.5) is 11.4 Å². The molecule has 0 bridgehead atoms. The summed E-state index contributed by atoms with van der Waals surface area (Å²) in [6, 6.07) is 9.90. The number of halogens is 1. The van der Waals surface area contributed by atoms with Gasteiger partial charge in [0.15, 0.2) is 0 Å². The number of benzene rings is 2. The van der Waals surface area contributed by atoms with E-state index < -0.39 is 27.1 Å². The average molecular weight is 410 g/mol. The molecule has 10 heteroatoms. The quantitative estimate of drug-likeness (QED) is 0.425. The lowest BCUT2D eigenvalue weighted by Crippen LogP contribution is -2.28. The lowest BCUT2D eigenvalue weighted by molar-refractivity contribution is -0.394. The summed E-state index contributed by atoms with van der Waals surface area (Å²) < 4.78 is 6.28. The molecule has 2 aromatic rings. The monoisotopic (exact) mass is 409 g/mol. The number of carbonyl (C=O) groups excluding carboxylic acids is 1. The van der Waals surface area contributed by atoms with Crippen molar-refractivity contribution in [2.75, 3.05) is 13.2 Å². The fourth-order valence-corrected chi connectivity index (χ4v) is 2.31. The zero-order valence-corrected chi connectivity index (χ0v) is 14.3. The SMILES string of the molecule is O=C(NCCOc1cccc(Br)c1)c1cc([N+](=O)[O-])cc([N+](=O)[O-])c1. The van der Waals surface area contributed by atoms with Crippen LogP contribution in [0.5, 0.6) is 5.75 Å². The molecule has 2 rings (SSSR count). The van der Waals surface area contributed by atoms with Gasteiger partial charge in [-0.3, -0.25) is 25.0 Å². The molecule has 9 nitrogen and oxygen atoms in total. The molecule has 0 fully saturated rings. The molecule has 0 aromatic heterocycles. The molecule has 0 unspecified atom stereocenters. The van der Waals surface area contributed by atoms with Crippen LogP contribution in [-0.4, -0.2) is 28.9 Å². The Bertz CT molecular complexity index is 794. The number of ether oxygens (including phenoxy) is 1. The summed E-state index contributed by atoms with van der Waals surface area (Å²) >= 11 is 3.30. The largest absolute Gasteiger partial charge is 0.492 e. The summed E-state index contributed by atoms with van der Waals surface area (Å²) in [5, 5.41) is 24.1. The van der Waals surface area contributed by atoms with Crippen LogP contribution in [0.3, 0.4) is 0 Å². The number of hydrogen-bond donors (Lipinski definition) is 1. The maximum atomic E-state index is 12.0. The van der Waals surface area contributed by atoms with Crippen molar-refractivity contribution >= 4 is 33.2 Å². The smallest absolute Gasteiger partial charge is 0.277 e. The molecule has 0 atom stereocenters. The van der Waals surface area contributed by atoms with Crippen molar-refractivity contribution < 1.29 is 19.4 Å². The molecular formula is C15H12BrN3O6. The highest BCUT2D eigenvalue weighted by Gasteiger charge is 2.19. The Hall–Kier alpha value is -3.01. The fourth-order valence-electron chi connectivity index (χ4n) is 1.93. The second-order valence-corrected chi connectivity index (χ2v) is 5.73. The zero-order valence-electron chi connectivity index (χ0n) is 12.7. The van der Waals surface area contributed by atoms with E-state index in [9.17, 15) is 25.0 Å². The number of non-ortho nitro benzene ring substituents is 2. The third-order valence-corrected chi connectivity index (χ3v) is 3.53. The van der Waals surface area contributed by atoms with Crippen LogP contribution in [0.25, 0.3) is 0 Å². The molecule has 130 valence electrons. The molecule has 0 aliphatic carbocycles. The lowest BCUT2D eigenvalue weighted by atomic mass is 10.1. The Morgan fingerprint density at radius 3 is 2.28 bits per heavy atom. The van der Waals surface area contributed by atoms with Crippen molar-refractivity contribution in [2.24, 2.45) is 0 Å². The third-order valence-electron chi connectivity index (χ3n) is 3.04. The summed E-state index contributed by atoms with van der Waals surface area (Å²) in [6.07, 6.45) is 0. The predicted octanol–water partition coefficient (Wildman–Crippen LogP) is 3.07. The maximum Gasteiger partial charge on any atom is 0.277 e. The van der Waals surface area contributed by atoms with Crippen molar-refractivity contribution in [2.45, 2.75) is 0 Å². The molecule has 0 radical (unpaired) electrons. The molecule has 0 heterocycles. The molecule has 2 aromatic carbocycles. The lowest BCUT2D eigenvalue weighted by Gasteiger charge is -2.08. The number of hydrogen-bond acceptors (Lipinski definition) is 6. The van der Waals surface area contributed by atoms with Gasteiger partial charge in [0.1, 0.15) is 12.4 Å². The van der Waals surface area contributed by atoms with Crippen molar-refractivity contribution in [1.29, 1.82) is 0 Å². The van der Waals surface area contributed by atoms with E-state index in [2.05, 4.69) is 21.2 Å². The molecule has 0 aliphatic heterocycles. The van der Waals surface area contributed by atoms with Gasteiger partial charge in [0, 0.05) is 16.6 Å². The number of carbonyl (C=O) groups is 1. The van der Waals surface area contributed by atoms with Crippen molar-refractivity contribution in [3.8, 4) is 5.75 Å². The summed E-state index contributed by atoms with van der Waals surface area (Å²) in [4.78, 5) is 32.1. The van der Waals surface area contributed by atoms with Gasteiger partial charge in [-0.15, -0.1) is 0 Å². The van der Waals surface area contributed by atoms with E-state index in [1.165, 1.54) is 0 Å². The number of nitro benzene ring substituents is 2. The van der Waals surface area contributed by atoms with E-state index in [0.29, 0.717) is 5.75 Å². The minimum Gasteiger partial charge on any atom is -0.492 e. The minimum atomic E-state index is -0.792. The van der Waals surface area contributed by atoms with E-state index in [-0.39, 0.29) is 18.7 Å². The van der Waals surface area contributed by atoms with E-state index in [4.69, 9.17) is 4.74 Å². The normalized spacial score (nSPS) is 10.1. The van der Waals surface area contributed by atoms with E-state index in [1.807, 2.05) is 6.07 Å². The van der Waals surface area contributed by atoms with Crippen LogP contribution >= 0.6 is 15.9 Å². The molecule has 25 heavy (non-hydrogen) atoms. The van der Waals surface area contributed by atoms with Gasteiger partial charge in [0.2, 0.25) is 0 Å². The van der Waals surface area contributed by atoms with Crippen LogP contribution in [0.2, 0.25) is 0 Å². The van der Waals surface area contributed by atoms with Crippen LogP contribution in [0.15, 0.2) is 46.9 Å².